The van der Waals surface area contributed by atoms with E-state index in [1.807, 2.05) is 7.05 Å². The summed E-state index contributed by atoms with van der Waals surface area (Å²) in [6.45, 7) is 2.06. The molecule has 4 heteroatoms. The lowest BCUT2D eigenvalue weighted by Crippen LogP contribution is -2.57. The predicted molar refractivity (Wildman–Crippen MR) is 60.4 cm³/mol. The van der Waals surface area contributed by atoms with E-state index in [9.17, 15) is 9.90 Å². The molecule has 1 N–H and O–H groups in total. The van der Waals surface area contributed by atoms with Crippen molar-refractivity contribution in [3.8, 4) is 0 Å². The highest BCUT2D eigenvalue weighted by molar-refractivity contribution is 5.78. The molecular weight excluding hydrogens is 206 g/mol. The van der Waals surface area contributed by atoms with E-state index < -0.39 is 11.5 Å². The van der Waals surface area contributed by atoms with Gasteiger partial charge in [-0.2, -0.15) is 0 Å². The Morgan fingerprint density at radius 3 is 2.50 bits per heavy atom. The van der Waals surface area contributed by atoms with Gasteiger partial charge in [-0.1, -0.05) is 6.42 Å². The first kappa shape index (κ1) is 11.9. The summed E-state index contributed by atoms with van der Waals surface area (Å²) < 4.78 is 5.28. The third-order valence-electron chi connectivity index (χ3n) is 4.21. The van der Waals surface area contributed by atoms with Crippen LogP contribution in [0.4, 0.5) is 0 Å². The maximum absolute atomic E-state index is 11.5. The lowest BCUT2D eigenvalue weighted by Gasteiger charge is -2.43. The van der Waals surface area contributed by atoms with Gasteiger partial charge in [0.05, 0.1) is 0 Å². The molecular formula is C12H21NO3. The minimum absolute atomic E-state index is 0.571. The van der Waals surface area contributed by atoms with E-state index in [2.05, 4.69) is 4.90 Å². The molecule has 16 heavy (non-hydrogen) atoms. The molecule has 0 atom stereocenters. The first-order chi connectivity index (χ1) is 7.65. The van der Waals surface area contributed by atoms with Crippen LogP contribution in [0.2, 0.25) is 0 Å². The van der Waals surface area contributed by atoms with Gasteiger partial charge in [-0.05, 0) is 38.6 Å². The van der Waals surface area contributed by atoms with E-state index in [0.717, 1.165) is 6.54 Å². The summed E-state index contributed by atoms with van der Waals surface area (Å²) in [5.74, 6) is 0.0293. The average Bonchev–Trinajstić information content (AvgIpc) is 2.24. The quantitative estimate of drug-likeness (QED) is 0.787. The first-order valence-corrected chi connectivity index (χ1v) is 6.17. The van der Waals surface area contributed by atoms with Crippen LogP contribution < -0.4 is 0 Å². The minimum atomic E-state index is -0.683. The summed E-state index contributed by atoms with van der Waals surface area (Å²) in [5, 5.41) is 9.47. The maximum atomic E-state index is 11.5. The van der Waals surface area contributed by atoms with Crippen LogP contribution in [0.25, 0.3) is 0 Å². The Morgan fingerprint density at radius 1 is 1.44 bits per heavy atom. The van der Waals surface area contributed by atoms with Gasteiger partial charge >= 0.3 is 5.97 Å². The normalized spacial score (nSPS) is 25.4. The van der Waals surface area contributed by atoms with E-state index in [-0.39, 0.29) is 0 Å². The number of carboxylic acid groups (broad SMARTS) is 1. The Balaban J connectivity index is 2.01. The molecule has 0 aromatic carbocycles. The van der Waals surface area contributed by atoms with Crippen molar-refractivity contribution in [1.29, 1.82) is 0 Å². The van der Waals surface area contributed by atoms with Gasteiger partial charge in [-0.3, -0.25) is 9.69 Å². The zero-order chi connectivity index (χ0) is 11.6. The van der Waals surface area contributed by atoms with Gasteiger partial charge < -0.3 is 9.84 Å². The molecule has 1 aliphatic heterocycles. The lowest BCUT2D eigenvalue weighted by molar-refractivity contribution is -0.158. The molecule has 0 amide bonds. The van der Waals surface area contributed by atoms with Crippen molar-refractivity contribution in [2.24, 2.45) is 5.92 Å². The van der Waals surface area contributed by atoms with Crippen LogP contribution in [0.15, 0.2) is 0 Å². The van der Waals surface area contributed by atoms with E-state index >= 15 is 0 Å². The fraction of sp³-hybridized carbons (Fsp3) is 0.917. The Bertz CT molecular complexity index is 257. The lowest BCUT2D eigenvalue weighted by atomic mass is 9.82. The van der Waals surface area contributed by atoms with Crippen molar-refractivity contribution in [2.45, 2.75) is 37.6 Å². The van der Waals surface area contributed by atoms with Gasteiger partial charge in [-0.25, -0.2) is 0 Å². The van der Waals surface area contributed by atoms with Crippen LogP contribution in [0.3, 0.4) is 0 Å². The van der Waals surface area contributed by atoms with Gasteiger partial charge in [0.25, 0.3) is 0 Å². The van der Waals surface area contributed by atoms with Crippen molar-refractivity contribution in [3.05, 3.63) is 0 Å². The standard InChI is InChI=1S/C12H21NO3/c1-13(9-10-3-2-4-10)12(11(14)15)5-7-16-8-6-12/h10H,2-9H2,1H3,(H,14,15). The van der Waals surface area contributed by atoms with E-state index in [4.69, 9.17) is 4.74 Å². The number of rotatable bonds is 4. The van der Waals surface area contributed by atoms with Gasteiger partial charge in [0.15, 0.2) is 0 Å². The van der Waals surface area contributed by atoms with Gasteiger partial charge in [0.1, 0.15) is 5.54 Å². The molecule has 0 bridgehead atoms. The highest BCUT2D eigenvalue weighted by atomic mass is 16.5. The van der Waals surface area contributed by atoms with Crippen molar-refractivity contribution in [1.82, 2.24) is 4.90 Å². The van der Waals surface area contributed by atoms with Crippen LogP contribution in [0.1, 0.15) is 32.1 Å². The number of aliphatic carboxylic acids is 1. The summed E-state index contributed by atoms with van der Waals surface area (Å²) in [6, 6.07) is 0. The maximum Gasteiger partial charge on any atom is 0.324 e. The molecule has 2 aliphatic rings. The van der Waals surface area contributed by atoms with Crippen molar-refractivity contribution in [2.75, 3.05) is 26.8 Å². The van der Waals surface area contributed by atoms with E-state index in [1.54, 1.807) is 0 Å². The Morgan fingerprint density at radius 2 is 2.06 bits per heavy atom. The molecule has 0 radical (unpaired) electrons. The number of likely N-dealkylation sites (N-methyl/N-ethyl adjacent to an activating group) is 1. The second kappa shape index (κ2) is 4.72. The van der Waals surface area contributed by atoms with Gasteiger partial charge in [0, 0.05) is 19.8 Å². The monoisotopic (exact) mass is 227 g/mol. The number of hydrogen-bond donors (Lipinski definition) is 1. The first-order valence-electron chi connectivity index (χ1n) is 6.17. The fourth-order valence-electron chi connectivity index (χ4n) is 2.71. The zero-order valence-corrected chi connectivity index (χ0v) is 9.95. The molecule has 92 valence electrons. The summed E-state index contributed by atoms with van der Waals surface area (Å²) in [7, 11) is 1.96. The molecule has 0 aromatic heterocycles. The second-order valence-electron chi connectivity index (χ2n) is 5.13. The van der Waals surface area contributed by atoms with Gasteiger partial charge in [0.2, 0.25) is 0 Å². The summed E-state index contributed by atoms with van der Waals surface area (Å²) in [5.41, 5.74) is -0.673. The Labute approximate surface area is 96.6 Å². The number of carboxylic acids is 1. The molecule has 1 saturated carbocycles. The second-order valence-corrected chi connectivity index (χ2v) is 5.13. The predicted octanol–water partition coefficient (Wildman–Crippen LogP) is 1.35. The number of ether oxygens (including phenoxy) is 1. The van der Waals surface area contributed by atoms with Crippen LogP contribution >= 0.6 is 0 Å². The van der Waals surface area contributed by atoms with Gasteiger partial charge in [-0.15, -0.1) is 0 Å². The van der Waals surface area contributed by atoms with E-state index in [1.165, 1.54) is 19.3 Å². The smallest absolute Gasteiger partial charge is 0.324 e. The van der Waals surface area contributed by atoms with Crippen LogP contribution in [-0.4, -0.2) is 48.3 Å². The molecule has 1 saturated heterocycles. The van der Waals surface area contributed by atoms with Crippen molar-refractivity contribution < 1.29 is 14.6 Å². The summed E-state index contributed by atoms with van der Waals surface area (Å²) >= 11 is 0. The molecule has 1 aliphatic carbocycles. The fourth-order valence-corrected chi connectivity index (χ4v) is 2.71. The third kappa shape index (κ3) is 2.09. The van der Waals surface area contributed by atoms with Crippen LogP contribution in [0.5, 0.6) is 0 Å². The topological polar surface area (TPSA) is 49.8 Å². The van der Waals surface area contributed by atoms with E-state index in [0.29, 0.717) is 32.0 Å². The molecule has 0 aromatic rings. The highest BCUT2D eigenvalue weighted by Gasteiger charge is 2.44. The number of nitrogens with zero attached hydrogens (tertiary/aromatic N) is 1. The Kier molecular flexibility index (Phi) is 3.50. The average molecular weight is 227 g/mol. The molecule has 1 heterocycles. The molecule has 0 spiro atoms. The van der Waals surface area contributed by atoms with Crippen LogP contribution in [0, 0.1) is 5.92 Å². The largest absolute Gasteiger partial charge is 0.480 e. The third-order valence-corrected chi connectivity index (χ3v) is 4.21. The molecule has 2 rings (SSSR count). The minimum Gasteiger partial charge on any atom is -0.480 e. The van der Waals surface area contributed by atoms with Crippen molar-refractivity contribution >= 4 is 5.97 Å². The van der Waals surface area contributed by atoms with Crippen LogP contribution in [-0.2, 0) is 9.53 Å². The molecule has 2 fully saturated rings. The molecule has 0 unspecified atom stereocenters. The summed E-state index contributed by atoms with van der Waals surface area (Å²) in [4.78, 5) is 13.6. The highest BCUT2D eigenvalue weighted by Crippen LogP contribution is 2.32. The zero-order valence-electron chi connectivity index (χ0n) is 9.95. The molecule has 4 nitrogen and oxygen atoms in total. The summed E-state index contributed by atoms with van der Waals surface area (Å²) in [6.07, 6.45) is 5.06. The number of hydrogen-bond acceptors (Lipinski definition) is 3. The Hall–Kier alpha value is -0.610. The van der Waals surface area contributed by atoms with Crippen molar-refractivity contribution in [3.63, 3.8) is 0 Å². The number of carbonyl (C=O) groups is 1. The SMILES string of the molecule is CN(CC1CCC1)C1(C(=O)O)CCOCC1.